The van der Waals surface area contributed by atoms with Crippen molar-refractivity contribution in [2.45, 2.75) is 13.0 Å². The number of hydrogen-bond acceptors (Lipinski definition) is 4. The van der Waals surface area contributed by atoms with E-state index in [9.17, 15) is 14.7 Å². The summed E-state index contributed by atoms with van der Waals surface area (Å²) < 4.78 is 1.18. The number of phenols is 1. The van der Waals surface area contributed by atoms with Gasteiger partial charge in [-0.2, -0.15) is 0 Å². The lowest BCUT2D eigenvalue weighted by atomic mass is 10.2. The van der Waals surface area contributed by atoms with Crippen LogP contribution in [0.4, 0.5) is 0 Å². The number of aromatic nitrogens is 2. The molecule has 0 aliphatic heterocycles. The van der Waals surface area contributed by atoms with E-state index in [4.69, 9.17) is 5.11 Å². The quantitative estimate of drug-likeness (QED) is 0.810. The van der Waals surface area contributed by atoms with Crippen LogP contribution in [0.5, 0.6) is 5.75 Å². The van der Waals surface area contributed by atoms with Gasteiger partial charge in [0.05, 0.1) is 18.3 Å². The van der Waals surface area contributed by atoms with Crippen LogP contribution in [0.2, 0.25) is 0 Å². The number of carboxylic acid groups (broad SMARTS) is 1. The smallest absolute Gasteiger partial charge is 0.305 e. The van der Waals surface area contributed by atoms with Crippen LogP contribution in [0.3, 0.4) is 0 Å². The van der Waals surface area contributed by atoms with Gasteiger partial charge in [-0.05, 0) is 12.1 Å². The highest BCUT2D eigenvalue weighted by Gasteiger charge is 2.08. The van der Waals surface area contributed by atoms with E-state index >= 15 is 0 Å². The molecular formula is C11H10N2O4. The molecule has 0 unspecified atom stereocenters. The molecule has 0 bridgehead atoms. The average Bonchev–Trinajstić information content (AvgIpc) is 2.28. The van der Waals surface area contributed by atoms with Crippen molar-refractivity contribution in [3.05, 3.63) is 34.9 Å². The summed E-state index contributed by atoms with van der Waals surface area (Å²) in [6.07, 6.45) is 1.12. The Morgan fingerprint density at radius 3 is 2.88 bits per heavy atom. The Morgan fingerprint density at radius 1 is 1.41 bits per heavy atom. The van der Waals surface area contributed by atoms with Crippen LogP contribution >= 0.6 is 0 Å². The first-order chi connectivity index (χ1) is 8.09. The van der Waals surface area contributed by atoms with Gasteiger partial charge in [-0.25, -0.2) is 4.98 Å². The molecule has 0 spiro atoms. The minimum Gasteiger partial charge on any atom is -0.507 e. The maximum atomic E-state index is 11.9. The molecule has 0 saturated carbocycles. The number of phenolic OH excluding ortho intramolecular Hbond substituents is 1. The summed E-state index contributed by atoms with van der Waals surface area (Å²) in [5.41, 5.74) is -0.0454. The number of nitrogens with zero attached hydrogens (tertiary/aromatic N) is 2. The van der Waals surface area contributed by atoms with Gasteiger partial charge in [-0.1, -0.05) is 6.07 Å². The molecule has 6 nitrogen and oxygen atoms in total. The van der Waals surface area contributed by atoms with E-state index in [1.807, 2.05) is 0 Å². The summed E-state index contributed by atoms with van der Waals surface area (Å²) in [6, 6.07) is 4.59. The van der Waals surface area contributed by atoms with Gasteiger partial charge in [0.25, 0.3) is 5.56 Å². The molecule has 17 heavy (non-hydrogen) atoms. The monoisotopic (exact) mass is 234 g/mol. The van der Waals surface area contributed by atoms with Crippen LogP contribution in [-0.2, 0) is 11.3 Å². The van der Waals surface area contributed by atoms with Gasteiger partial charge in [0.1, 0.15) is 11.1 Å². The van der Waals surface area contributed by atoms with Gasteiger partial charge < -0.3 is 10.2 Å². The minimum absolute atomic E-state index is 0.0332. The molecule has 1 aromatic heterocycles. The molecule has 1 heterocycles. The highest BCUT2D eigenvalue weighted by atomic mass is 16.4. The molecule has 0 aliphatic rings. The predicted molar refractivity (Wildman–Crippen MR) is 59.9 cm³/mol. The highest BCUT2D eigenvalue weighted by molar-refractivity contribution is 5.83. The van der Waals surface area contributed by atoms with Crippen molar-refractivity contribution in [2.75, 3.05) is 0 Å². The number of carbonyl (C=O) groups is 1. The third-order valence-electron chi connectivity index (χ3n) is 2.40. The lowest BCUT2D eigenvalue weighted by Gasteiger charge is -2.05. The lowest BCUT2D eigenvalue weighted by molar-refractivity contribution is -0.137. The number of aliphatic carboxylic acids is 1. The Balaban J connectivity index is 2.53. The molecule has 6 heteroatoms. The average molecular weight is 234 g/mol. The molecule has 0 aliphatic carbocycles. The standard InChI is InChI=1S/C11H10N2O4/c14-8-3-1-2-7-10(8)11(17)13(6-12-7)5-4-9(15)16/h1-3,6,14H,4-5H2,(H,15,16). The Hall–Kier alpha value is -2.37. The summed E-state index contributed by atoms with van der Waals surface area (Å²) in [7, 11) is 0. The Bertz CT molecular complexity index is 633. The first-order valence-corrected chi connectivity index (χ1v) is 4.98. The maximum Gasteiger partial charge on any atom is 0.305 e. The Kier molecular flexibility index (Phi) is 2.78. The lowest BCUT2D eigenvalue weighted by Crippen LogP contribution is -2.22. The Labute approximate surface area is 95.8 Å². The van der Waals surface area contributed by atoms with Crippen LogP contribution in [0.15, 0.2) is 29.3 Å². The summed E-state index contributed by atoms with van der Waals surface area (Å²) in [5, 5.41) is 18.2. The molecule has 0 atom stereocenters. The fourth-order valence-electron chi connectivity index (χ4n) is 1.56. The van der Waals surface area contributed by atoms with E-state index in [0.29, 0.717) is 5.52 Å². The van der Waals surface area contributed by atoms with Gasteiger partial charge in [0.2, 0.25) is 0 Å². The third kappa shape index (κ3) is 2.10. The van der Waals surface area contributed by atoms with Crippen LogP contribution in [0.25, 0.3) is 10.9 Å². The van der Waals surface area contributed by atoms with Crippen molar-refractivity contribution in [1.82, 2.24) is 9.55 Å². The largest absolute Gasteiger partial charge is 0.507 e. The molecule has 2 rings (SSSR count). The zero-order valence-electron chi connectivity index (χ0n) is 8.83. The van der Waals surface area contributed by atoms with Crippen LogP contribution in [-0.4, -0.2) is 25.7 Å². The van der Waals surface area contributed by atoms with E-state index in [1.54, 1.807) is 12.1 Å². The van der Waals surface area contributed by atoms with Crippen molar-refractivity contribution in [3.8, 4) is 5.75 Å². The first-order valence-electron chi connectivity index (χ1n) is 4.98. The second-order valence-electron chi connectivity index (χ2n) is 3.56. The van der Waals surface area contributed by atoms with Crippen molar-refractivity contribution in [1.29, 1.82) is 0 Å². The molecule has 0 amide bonds. The molecule has 0 radical (unpaired) electrons. The summed E-state index contributed by atoms with van der Waals surface area (Å²) in [4.78, 5) is 26.4. The number of benzene rings is 1. The van der Waals surface area contributed by atoms with Crippen LogP contribution in [0, 0.1) is 0 Å². The fourth-order valence-corrected chi connectivity index (χ4v) is 1.56. The second-order valence-corrected chi connectivity index (χ2v) is 3.56. The van der Waals surface area contributed by atoms with E-state index in [1.165, 1.54) is 17.0 Å². The van der Waals surface area contributed by atoms with E-state index in [2.05, 4.69) is 4.98 Å². The van der Waals surface area contributed by atoms with Crippen molar-refractivity contribution in [2.24, 2.45) is 0 Å². The van der Waals surface area contributed by atoms with Gasteiger partial charge in [0, 0.05) is 6.54 Å². The highest BCUT2D eigenvalue weighted by Crippen LogP contribution is 2.18. The minimum atomic E-state index is -0.991. The van der Waals surface area contributed by atoms with Gasteiger partial charge >= 0.3 is 5.97 Å². The van der Waals surface area contributed by atoms with Crippen molar-refractivity contribution >= 4 is 16.9 Å². The topological polar surface area (TPSA) is 92.4 Å². The Morgan fingerprint density at radius 2 is 2.18 bits per heavy atom. The van der Waals surface area contributed by atoms with Gasteiger partial charge in [-0.15, -0.1) is 0 Å². The molecule has 1 aromatic carbocycles. The predicted octanol–water partition coefficient (Wildman–Crippen LogP) is 0.577. The zero-order chi connectivity index (χ0) is 12.4. The first kappa shape index (κ1) is 11.1. The fraction of sp³-hybridized carbons (Fsp3) is 0.182. The molecule has 0 saturated heterocycles. The molecule has 88 valence electrons. The van der Waals surface area contributed by atoms with Gasteiger partial charge in [-0.3, -0.25) is 14.2 Å². The van der Waals surface area contributed by atoms with E-state index < -0.39 is 11.5 Å². The van der Waals surface area contributed by atoms with E-state index in [-0.39, 0.29) is 24.1 Å². The number of fused-ring (bicyclic) bond motifs is 1. The normalized spacial score (nSPS) is 10.6. The second kappa shape index (κ2) is 4.25. The number of carboxylic acids is 1. The SMILES string of the molecule is O=C(O)CCn1cnc2cccc(O)c2c1=O. The number of hydrogen-bond donors (Lipinski definition) is 2. The number of rotatable bonds is 3. The molecule has 0 fully saturated rings. The molecule has 2 aromatic rings. The number of aromatic hydroxyl groups is 1. The van der Waals surface area contributed by atoms with Crippen LogP contribution in [0.1, 0.15) is 6.42 Å². The van der Waals surface area contributed by atoms with Crippen molar-refractivity contribution in [3.63, 3.8) is 0 Å². The van der Waals surface area contributed by atoms with Crippen molar-refractivity contribution < 1.29 is 15.0 Å². The zero-order valence-corrected chi connectivity index (χ0v) is 8.83. The molecular weight excluding hydrogens is 224 g/mol. The van der Waals surface area contributed by atoms with E-state index in [0.717, 1.165) is 0 Å². The maximum absolute atomic E-state index is 11.9. The van der Waals surface area contributed by atoms with Crippen LogP contribution < -0.4 is 5.56 Å². The summed E-state index contributed by atoms with van der Waals surface area (Å²) in [5.74, 6) is -1.14. The summed E-state index contributed by atoms with van der Waals surface area (Å²) >= 11 is 0. The number of aryl methyl sites for hydroxylation is 1. The molecule has 2 N–H and O–H groups in total. The third-order valence-corrected chi connectivity index (χ3v) is 2.40. The van der Waals surface area contributed by atoms with Gasteiger partial charge in [0.15, 0.2) is 0 Å². The summed E-state index contributed by atoms with van der Waals surface area (Å²) in [6.45, 7) is 0.0332.